The van der Waals surface area contributed by atoms with E-state index in [9.17, 15) is 30.9 Å². The zero-order valence-electron chi connectivity index (χ0n) is 17.2. The van der Waals surface area contributed by atoms with Crippen LogP contribution in [0.5, 0.6) is 0 Å². The molecule has 0 bridgehead atoms. The highest BCUT2D eigenvalue weighted by molar-refractivity contribution is 7.70. The van der Waals surface area contributed by atoms with Crippen LogP contribution in [0.4, 0.5) is 43.8 Å². The van der Waals surface area contributed by atoms with Crippen LogP contribution in [0.1, 0.15) is 24.0 Å². The summed E-state index contributed by atoms with van der Waals surface area (Å²) < 4.78 is 92.9. The number of nitrogens with one attached hydrogen (secondary N) is 3. The Morgan fingerprint density at radius 2 is 1.84 bits per heavy atom. The number of hydrogen-bond acceptors (Lipinski definition) is 6. The molecule has 0 radical (unpaired) electrons. The van der Waals surface area contributed by atoms with Crippen molar-refractivity contribution >= 4 is 29.9 Å². The minimum atomic E-state index is -4.86. The van der Waals surface area contributed by atoms with Gasteiger partial charge in [-0.3, -0.25) is 0 Å². The third-order valence-electron chi connectivity index (χ3n) is 4.88. The molecule has 1 aliphatic rings. The normalized spacial score (nSPS) is 17.8. The second kappa shape index (κ2) is 8.90. The van der Waals surface area contributed by atoms with E-state index < -0.39 is 36.4 Å². The first-order chi connectivity index (χ1) is 14.7. The quantitative estimate of drug-likeness (QED) is 0.426. The second-order valence-corrected chi connectivity index (χ2v) is 11.0. The molecule has 1 aliphatic heterocycles. The van der Waals surface area contributed by atoms with Crippen LogP contribution >= 0.6 is 7.14 Å². The minimum absolute atomic E-state index is 0.0248. The van der Waals surface area contributed by atoms with Crippen molar-refractivity contribution in [2.24, 2.45) is 0 Å². The van der Waals surface area contributed by atoms with Crippen LogP contribution in [0.25, 0.3) is 0 Å². The van der Waals surface area contributed by atoms with Gasteiger partial charge in [0, 0.05) is 24.1 Å². The van der Waals surface area contributed by atoms with Crippen molar-refractivity contribution in [3.8, 4) is 0 Å². The summed E-state index contributed by atoms with van der Waals surface area (Å²) in [6.45, 7) is 4.02. The van der Waals surface area contributed by atoms with E-state index in [0.717, 1.165) is 31.5 Å². The molecule has 176 valence electrons. The minimum Gasteiger partial charge on any atom is -0.350 e. The highest BCUT2D eigenvalue weighted by Crippen LogP contribution is 2.42. The lowest BCUT2D eigenvalue weighted by Crippen LogP contribution is -2.38. The summed E-state index contributed by atoms with van der Waals surface area (Å²) in [6, 6.07) is 2.28. The van der Waals surface area contributed by atoms with E-state index in [0.29, 0.717) is 18.8 Å². The molecule has 3 rings (SSSR count). The lowest BCUT2D eigenvalue weighted by molar-refractivity contribution is -0.138. The van der Waals surface area contributed by atoms with E-state index in [2.05, 4.69) is 25.9 Å². The summed E-state index contributed by atoms with van der Waals surface area (Å²) in [5.74, 6) is -0.827. The average molecular weight is 481 g/mol. The Hall–Kier alpha value is -2.33. The van der Waals surface area contributed by atoms with Crippen molar-refractivity contribution in [3.63, 3.8) is 0 Å². The highest BCUT2D eigenvalue weighted by atomic mass is 31.2. The molecular formula is C19H22F6N5OP. The van der Waals surface area contributed by atoms with Gasteiger partial charge in [0.25, 0.3) is 0 Å². The molecule has 3 N–H and O–H groups in total. The number of rotatable bonds is 5. The predicted molar refractivity (Wildman–Crippen MR) is 110 cm³/mol. The van der Waals surface area contributed by atoms with Gasteiger partial charge in [0.2, 0.25) is 5.95 Å². The lowest BCUT2D eigenvalue weighted by Gasteiger charge is -2.24. The fourth-order valence-corrected chi connectivity index (χ4v) is 4.46. The number of aromatic nitrogens is 2. The van der Waals surface area contributed by atoms with Crippen molar-refractivity contribution in [2.75, 3.05) is 37.1 Å². The van der Waals surface area contributed by atoms with E-state index in [1.54, 1.807) is 0 Å². The van der Waals surface area contributed by atoms with Crippen LogP contribution in [-0.4, -0.2) is 42.4 Å². The SMILES string of the molecule is CP(C)(=O)c1ccc(C(F)(F)F)cc1Nc1nc(N[C@H]2CCCNC2)ncc1C(F)(F)F. The van der Waals surface area contributed by atoms with Gasteiger partial charge < -0.3 is 20.5 Å². The van der Waals surface area contributed by atoms with Gasteiger partial charge in [-0.15, -0.1) is 0 Å². The van der Waals surface area contributed by atoms with Crippen LogP contribution in [0.15, 0.2) is 24.4 Å². The maximum atomic E-state index is 13.6. The van der Waals surface area contributed by atoms with Crippen molar-refractivity contribution < 1.29 is 30.9 Å². The van der Waals surface area contributed by atoms with E-state index in [4.69, 9.17) is 0 Å². The number of benzene rings is 1. The maximum absolute atomic E-state index is 13.6. The van der Waals surface area contributed by atoms with Crippen molar-refractivity contribution in [3.05, 3.63) is 35.5 Å². The van der Waals surface area contributed by atoms with Gasteiger partial charge in [0.1, 0.15) is 18.5 Å². The molecule has 0 saturated carbocycles. The van der Waals surface area contributed by atoms with Gasteiger partial charge in [-0.2, -0.15) is 31.3 Å². The maximum Gasteiger partial charge on any atom is 0.421 e. The van der Waals surface area contributed by atoms with Crippen LogP contribution < -0.4 is 21.3 Å². The Morgan fingerprint density at radius 1 is 1.12 bits per heavy atom. The number of alkyl halides is 6. The largest absolute Gasteiger partial charge is 0.421 e. The summed E-state index contributed by atoms with van der Waals surface area (Å²) >= 11 is 0. The summed E-state index contributed by atoms with van der Waals surface area (Å²) in [5, 5.41) is 8.40. The molecule has 1 fully saturated rings. The molecule has 1 aromatic carbocycles. The molecule has 0 amide bonds. The lowest BCUT2D eigenvalue weighted by atomic mass is 10.1. The summed E-state index contributed by atoms with van der Waals surface area (Å²) in [6.07, 6.45) is -7.42. The summed E-state index contributed by atoms with van der Waals surface area (Å²) in [5.41, 5.74) is -2.70. The Bertz CT molecular complexity index is 1010. The van der Waals surface area contributed by atoms with Crippen LogP contribution in [0, 0.1) is 0 Å². The van der Waals surface area contributed by atoms with Crippen LogP contribution in [0.3, 0.4) is 0 Å². The first-order valence-corrected chi connectivity index (χ1v) is 12.3. The standard InChI is InChI=1S/C19H22F6N5OP/c1-32(2,31)15-6-5-11(18(20,21)22)8-14(15)29-16-13(19(23,24)25)10-27-17(30-16)28-12-4-3-7-26-9-12/h5-6,8,10,12,26H,3-4,7,9H2,1-2H3,(H2,27,28,29,30)/t12-/m0/s1. The predicted octanol–water partition coefficient (Wildman–Crippen LogP) is 4.67. The average Bonchev–Trinajstić information content (AvgIpc) is 2.66. The smallest absolute Gasteiger partial charge is 0.350 e. The molecule has 1 aromatic heterocycles. The molecule has 0 aliphatic carbocycles. The van der Waals surface area contributed by atoms with Gasteiger partial charge in [-0.05, 0) is 50.9 Å². The van der Waals surface area contributed by atoms with E-state index in [1.807, 2.05) is 0 Å². The molecule has 13 heteroatoms. The summed E-state index contributed by atoms with van der Waals surface area (Å²) in [7, 11) is -3.14. The fourth-order valence-electron chi connectivity index (χ4n) is 3.32. The number of anilines is 3. The second-order valence-electron chi connectivity index (χ2n) is 7.85. The first-order valence-electron chi connectivity index (χ1n) is 9.70. The summed E-state index contributed by atoms with van der Waals surface area (Å²) in [4.78, 5) is 7.62. The van der Waals surface area contributed by atoms with Crippen molar-refractivity contribution in [1.29, 1.82) is 0 Å². The molecule has 6 nitrogen and oxygen atoms in total. The van der Waals surface area contributed by atoms with Gasteiger partial charge in [-0.1, -0.05) is 0 Å². The van der Waals surface area contributed by atoms with Crippen LogP contribution in [0.2, 0.25) is 0 Å². The Balaban J connectivity index is 2.05. The Kier molecular flexibility index (Phi) is 6.76. The van der Waals surface area contributed by atoms with E-state index in [-0.39, 0.29) is 23.0 Å². The molecular weight excluding hydrogens is 459 g/mol. The van der Waals surface area contributed by atoms with Gasteiger partial charge >= 0.3 is 12.4 Å². The molecule has 1 atom stereocenters. The van der Waals surface area contributed by atoms with Crippen LogP contribution in [-0.2, 0) is 16.9 Å². The van der Waals surface area contributed by atoms with Crippen molar-refractivity contribution in [2.45, 2.75) is 31.2 Å². The van der Waals surface area contributed by atoms with Gasteiger partial charge in [0.15, 0.2) is 0 Å². The molecule has 0 spiro atoms. The zero-order chi connectivity index (χ0) is 23.7. The molecule has 0 unspecified atom stereocenters. The Morgan fingerprint density at radius 3 is 2.41 bits per heavy atom. The molecule has 32 heavy (non-hydrogen) atoms. The monoisotopic (exact) mass is 481 g/mol. The highest BCUT2D eigenvalue weighted by Gasteiger charge is 2.37. The van der Waals surface area contributed by atoms with Gasteiger partial charge in [-0.25, -0.2) is 4.98 Å². The number of nitrogens with zero attached hydrogens (tertiary/aromatic N) is 2. The third-order valence-corrected chi connectivity index (χ3v) is 6.43. The zero-order valence-corrected chi connectivity index (χ0v) is 18.1. The fraction of sp³-hybridized carbons (Fsp3) is 0.474. The number of hydrogen-bond donors (Lipinski definition) is 3. The Labute approximate surface area is 180 Å². The third kappa shape index (κ3) is 5.92. The number of piperidine rings is 1. The molecule has 2 aromatic rings. The van der Waals surface area contributed by atoms with E-state index >= 15 is 0 Å². The number of halogens is 6. The van der Waals surface area contributed by atoms with Gasteiger partial charge in [0.05, 0.1) is 11.3 Å². The van der Waals surface area contributed by atoms with Crippen molar-refractivity contribution in [1.82, 2.24) is 15.3 Å². The topological polar surface area (TPSA) is 78.9 Å². The molecule has 2 heterocycles. The molecule has 1 saturated heterocycles. The van der Waals surface area contributed by atoms with E-state index in [1.165, 1.54) is 13.3 Å². The first kappa shape index (κ1) is 24.3.